The summed E-state index contributed by atoms with van der Waals surface area (Å²) in [7, 11) is -4.19. The van der Waals surface area contributed by atoms with Crippen LogP contribution in [0.1, 0.15) is 0 Å². The van der Waals surface area contributed by atoms with Crippen molar-refractivity contribution in [2.45, 2.75) is 0 Å². The normalized spacial score (nSPS) is 17.7. The third-order valence-electron chi connectivity index (χ3n) is 0.850. The quantitative estimate of drug-likeness (QED) is 0.452. The van der Waals surface area contributed by atoms with Gasteiger partial charge in [-0.15, -0.1) is 0 Å². The maximum Gasteiger partial charge on any atom is 0.297 e. The first kappa shape index (κ1) is 7.52. The molecule has 4 nitrogen and oxygen atoms in total. The van der Waals surface area contributed by atoms with Crippen molar-refractivity contribution in [1.82, 2.24) is 0 Å². The highest BCUT2D eigenvalue weighted by molar-refractivity contribution is 7.94. The zero-order valence-corrected chi connectivity index (χ0v) is 6.24. The lowest BCUT2D eigenvalue weighted by molar-refractivity contribution is 0.493. The number of thiocarbonyl (C=S) groups is 1. The molecule has 0 unspecified atom stereocenters. The van der Waals surface area contributed by atoms with Gasteiger partial charge in [0.1, 0.15) is 11.1 Å². The standard InChI is InChI=1S/C4H2NO3S2/c6-10(7,8)4-2-5-1-3(4)9/h2H,(H,6,7,8). The van der Waals surface area contributed by atoms with E-state index in [2.05, 4.69) is 23.4 Å². The number of aliphatic imine (C=N–C) groups is 1. The van der Waals surface area contributed by atoms with E-state index in [0.717, 1.165) is 6.20 Å². The number of rotatable bonds is 1. The molecule has 0 saturated heterocycles. The van der Waals surface area contributed by atoms with Crippen molar-refractivity contribution in [1.29, 1.82) is 0 Å². The van der Waals surface area contributed by atoms with Crippen LogP contribution < -0.4 is 0 Å². The van der Waals surface area contributed by atoms with Crippen molar-refractivity contribution < 1.29 is 13.0 Å². The van der Waals surface area contributed by atoms with Crippen molar-refractivity contribution in [3.8, 4) is 0 Å². The molecule has 0 atom stereocenters. The van der Waals surface area contributed by atoms with Crippen LogP contribution >= 0.6 is 12.2 Å². The molecule has 0 spiro atoms. The number of nitrogens with zero attached hydrogens (tertiary/aromatic N) is 1. The smallest absolute Gasteiger partial charge is 0.282 e. The lowest BCUT2D eigenvalue weighted by Gasteiger charge is -1.91. The third-order valence-corrected chi connectivity index (χ3v) is 2.16. The van der Waals surface area contributed by atoms with E-state index in [0.29, 0.717) is 0 Å². The monoisotopic (exact) mass is 176 g/mol. The molecule has 0 fully saturated rings. The third kappa shape index (κ3) is 1.28. The zero-order valence-electron chi connectivity index (χ0n) is 4.60. The Balaban J connectivity index is 3.12. The first-order valence-electron chi connectivity index (χ1n) is 2.19. The lowest BCUT2D eigenvalue weighted by Crippen LogP contribution is -2.08. The van der Waals surface area contributed by atoms with Gasteiger partial charge in [-0.2, -0.15) is 8.42 Å². The molecular formula is C4H2NO3S2. The summed E-state index contributed by atoms with van der Waals surface area (Å²) < 4.78 is 29.1. The molecule has 1 aliphatic rings. The van der Waals surface area contributed by atoms with Crippen LogP contribution in [0, 0.1) is 0 Å². The van der Waals surface area contributed by atoms with Crippen LogP contribution in [0.4, 0.5) is 0 Å². The Morgan fingerprint density at radius 2 is 2.30 bits per heavy atom. The minimum Gasteiger partial charge on any atom is -0.282 e. The van der Waals surface area contributed by atoms with Gasteiger partial charge in [0.15, 0.2) is 0 Å². The predicted molar refractivity (Wildman–Crippen MR) is 39.7 cm³/mol. The summed E-state index contributed by atoms with van der Waals surface area (Å²) in [6, 6.07) is 0. The van der Waals surface area contributed by atoms with Crippen LogP contribution in [0.2, 0.25) is 0 Å². The van der Waals surface area contributed by atoms with Gasteiger partial charge in [-0.05, 0) is 0 Å². The molecule has 1 rings (SSSR count). The van der Waals surface area contributed by atoms with Crippen LogP contribution in [0.15, 0.2) is 16.1 Å². The highest BCUT2D eigenvalue weighted by Gasteiger charge is 2.20. The summed E-state index contributed by atoms with van der Waals surface area (Å²) in [6.07, 6.45) is 3.16. The molecule has 0 bridgehead atoms. The van der Waals surface area contributed by atoms with Gasteiger partial charge in [-0.3, -0.25) is 9.55 Å². The summed E-state index contributed by atoms with van der Waals surface area (Å²) in [5, 5.41) is 0. The van der Waals surface area contributed by atoms with E-state index in [4.69, 9.17) is 4.55 Å². The minimum absolute atomic E-state index is 0.0810. The topological polar surface area (TPSA) is 66.7 Å². The fourth-order valence-electron chi connectivity index (χ4n) is 0.447. The Bertz CT molecular complexity index is 324. The summed E-state index contributed by atoms with van der Waals surface area (Å²) in [4.78, 5) is 2.88. The summed E-state index contributed by atoms with van der Waals surface area (Å²) in [5.74, 6) is 0. The van der Waals surface area contributed by atoms with Gasteiger partial charge in [0.2, 0.25) is 0 Å². The van der Waals surface area contributed by atoms with Crippen LogP contribution in [0.3, 0.4) is 0 Å². The van der Waals surface area contributed by atoms with Crippen molar-refractivity contribution in [3.63, 3.8) is 0 Å². The Morgan fingerprint density at radius 3 is 2.50 bits per heavy atom. The van der Waals surface area contributed by atoms with Gasteiger partial charge in [-0.1, -0.05) is 12.2 Å². The van der Waals surface area contributed by atoms with Gasteiger partial charge in [0.05, 0.1) is 11.1 Å². The van der Waals surface area contributed by atoms with Gasteiger partial charge >= 0.3 is 0 Å². The summed E-state index contributed by atoms with van der Waals surface area (Å²) in [6.45, 7) is 0. The molecule has 1 radical (unpaired) electrons. The van der Waals surface area contributed by atoms with E-state index < -0.39 is 10.1 Å². The summed E-state index contributed by atoms with van der Waals surface area (Å²) >= 11 is 4.48. The fraction of sp³-hybridized carbons (Fsp3) is 0. The largest absolute Gasteiger partial charge is 0.297 e. The maximum atomic E-state index is 10.3. The van der Waals surface area contributed by atoms with Crippen molar-refractivity contribution >= 4 is 33.4 Å². The summed E-state index contributed by atoms with van der Waals surface area (Å²) in [5.41, 5.74) is 0. The molecule has 0 aromatic rings. The first-order chi connectivity index (χ1) is 4.52. The Kier molecular flexibility index (Phi) is 1.67. The van der Waals surface area contributed by atoms with Gasteiger partial charge in [0, 0.05) is 0 Å². The average Bonchev–Trinajstić information content (AvgIpc) is 2.11. The van der Waals surface area contributed by atoms with Crippen LogP contribution in [0.5, 0.6) is 0 Å². The Labute approximate surface area is 63.0 Å². The Hall–Kier alpha value is -0.590. The molecule has 0 aromatic heterocycles. The SMILES string of the molecule is O=S(=O)(O)C1=CN=[C]C1=S. The molecule has 0 aliphatic carbocycles. The molecule has 6 heteroatoms. The van der Waals surface area contributed by atoms with E-state index in [9.17, 15) is 8.42 Å². The second kappa shape index (κ2) is 2.22. The first-order valence-corrected chi connectivity index (χ1v) is 4.04. The molecule has 0 aromatic carbocycles. The molecule has 10 heavy (non-hydrogen) atoms. The number of hydrogen-bond donors (Lipinski definition) is 1. The predicted octanol–water partition coefficient (Wildman–Crippen LogP) is 0.0469. The molecule has 1 heterocycles. The van der Waals surface area contributed by atoms with Gasteiger partial charge < -0.3 is 0 Å². The second-order valence-electron chi connectivity index (χ2n) is 1.54. The van der Waals surface area contributed by atoms with Crippen LogP contribution in [-0.4, -0.2) is 24.0 Å². The molecule has 1 N–H and O–H groups in total. The molecule has 0 amide bonds. The minimum atomic E-state index is -4.19. The fourth-order valence-corrected chi connectivity index (χ4v) is 1.33. The molecule has 53 valence electrons. The zero-order chi connectivity index (χ0) is 7.78. The van der Waals surface area contributed by atoms with Gasteiger partial charge in [0.25, 0.3) is 10.1 Å². The van der Waals surface area contributed by atoms with E-state index in [1.54, 1.807) is 0 Å². The van der Waals surface area contributed by atoms with E-state index >= 15 is 0 Å². The van der Waals surface area contributed by atoms with Gasteiger partial charge in [-0.25, -0.2) is 0 Å². The second-order valence-corrected chi connectivity index (χ2v) is 3.34. The van der Waals surface area contributed by atoms with Crippen molar-refractivity contribution in [2.75, 3.05) is 0 Å². The van der Waals surface area contributed by atoms with Crippen LogP contribution in [-0.2, 0) is 10.1 Å². The van der Waals surface area contributed by atoms with E-state index in [1.165, 1.54) is 0 Å². The Morgan fingerprint density at radius 1 is 1.70 bits per heavy atom. The number of hydrogen-bond acceptors (Lipinski definition) is 4. The highest BCUT2D eigenvalue weighted by atomic mass is 32.2. The van der Waals surface area contributed by atoms with Crippen LogP contribution in [0.25, 0.3) is 0 Å². The van der Waals surface area contributed by atoms with E-state index in [-0.39, 0.29) is 9.77 Å². The molecule has 1 aliphatic heterocycles. The highest BCUT2D eigenvalue weighted by Crippen LogP contribution is 2.10. The maximum absolute atomic E-state index is 10.3. The molecule has 0 saturated carbocycles. The lowest BCUT2D eigenvalue weighted by atomic mass is 10.5. The van der Waals surface area contributed by atoms with E-state index in [1.807, 2.05) is 0 Å². The number of allylic oxidation sites excluding steroid dienone is 1. The van der Waals surface area contributed by atoms with Crippen molar-refractivity contribution in [3.05, 3.63) is 11.1 Å². The molecular weight excluding hydrogens is 174 g/mol. The average molecular weight is 176 g/mol. The van der Waals surface area contributed by atoms with Crippen molar-refractivity contribution in [2.24, 2.45) is 4.99 Å².